The lowest BCUT2D eigenvalue weighted by Gasteiger charge is -2.31. The molecule has 0 bridgehead atoms. The van der Waals surface area contributed by atoms with Crippen molar-refractivity contribution in [1.82, 2.24) is 9.97 Å². The van der Waals surface area contributed by atoms with Crippen LogP contribution in [0.25, 0.3) is 0 Å². The van der Waals surface area contributed by atoms with Gasteiger partial charge in [0.15, 0.2) is 5.16 Å². The van der Waals surface area contributed by atoms with Gasteiger partial charge in [0.2, 0.25) is 0 Å². The zero-order valence-corrected chi connectivity index (χ0v) is 10.6. The number of halogens is 1. The molecule has 0 atom stereocenters. The second-order valence-electron chi connectivity index (χ2n) is 3.93. The summed E-state index contributed by atoms with van der Waals surface area (Å²) < 4.78 is 0. The molecule has 4 nitrogen and oxygen atoms in total. The number of hydrogen-bond acceptors (Lipinski definition) is 5. The Balaban J connectivity index is 1.90. The van der Waals surface area contributed by atoms with Crippen molar-refractivity contribution in [3.8, 4) is 0 Å². The van der Waals surface area contributed by atoms with E-state index in [0.717, 1.165) is 25.2 Å². The summed E-state index contributed by atoms with van der Waals surface area (Å²) in [6.45, 7) is 0.832. The van der Waals surface area contributed by atoms with E-state index in [1.54, 1.807) is 6.07 Å². The first-order valence-corrected chi connectivity index (χ1v) is 6.78. The van der Waals surface area contributed by atoms with Crippen molar-refractivity contribution in [2.24, 2.45) is 5.92 Å². The summed E-state index contributed by atoms with van der Waals surface area (Å²) in [7, 11) is 0. The summed E-state index contributed by atoms with van der Waals surface area (Å²) in [5, 5.41) is 13.5. The van der Waals surface area contributed by atoms with Crippen LogP contribution in [0.3, 0.4) is 0 Å². The monoisotopic (exact) mass is 259 g/mol. The first kappa shape index (κ1) is 12.0. The van der Waals surface area contributed by atoms with Crippen molar-refractivity contribution in [1.29, 1.82) is 0 Å². The summed E-state index contributed by atoms with van der Waals surface area (Å²) in [5.74, 6) is 1.30. The van der Waals surface area contributed by atoms with Crippen LogP contribution in [0.5, 0.6) is 0 Å². The maximum absolute atomic E-state index is 9.16. The lowest BCUT2D eigenvalue weighted by molar-refractivity contribution is 0.0486. The lowest BCUT2D eigenvalue weighted by Crippen LogP contribution is -2.33. The van der Waals surface area contributed by atoms with Gasteiger partial charge in [0.1, 0.15) is 11.0 Å². The topological polar surface area (TPSA) is 58.0 Å². The molecule has 0 aromatic carbocycles. The number of nitrogens with zero attached hydrogens (tertiary/aromatic N) is 2. The van der Waals surface area contributed by atoms with Crippen molar-refractivity contribution >= 4 is 29.2 Å². The van der Waals surface area contributed by atoms with E-state index in [9.17, 15) is 0 Å². The molecule has 1 aromatic rings. The maximum Gasteiger partial charge on any atom is 0.190 e. The minimum Gasteiger partial charge on any atom is -0.393 e. The van der Waals surface area contributed by atoms with Crippen molar-refractivity contribution in [3.63, 3.8) is 0 Å². The molecular formula is C10H14ClN3OS. The molecule has 0 radical (unpaired) electrons. The van der Waals surface area contributed by atoms with Gasteiger partial charge in [-0.1, -0.05) is 23.4 Å². The van der Waals surface area contributed by atoms with Crippen LogP contribution in [-0.2, 0) is 0 Å². The van der Waals surface area contributed by atoms with Gasteiger partial charge in [0.25, 0.3) is 0 Å². The van der Waals surface area contributed by atoms with Crippen molar-refractivity contribution in [3.05, 3.63) is 11.2 Å². The van der Waals surface area contributed by atoms with E-state index in [4.69, 9.17) is 16.7 Å². The van der Waals surface area contributed by atoms with Crippen LogP contribution in [-0.4, -0.2) is 34.0 Å². The molecule has 1 aliphatic rings. The van der Waals surface area contributed by atoms with Crippen LogP contribution in [0.1, 0.15) is 12.8 Å². The van der Waals surface area contributed by atoms with Gasteiger partial charge in [0, 0.05) is 12.6 Å². The van der Waals surface area contributed by atoms with Crippen molar-refractivity contribution in [2.45, 2.75) is 24.1 Å². The maximum atomic E-state index is 9.16. The third-order valence-corrected chi connectivity index (χ3v) is 3.38. The van der Waals surface area contributed by atoms with Gasteiger partial charge in [-0.2, -0.15) is 0 Å². The number of aliphatic hydroxyl groups is 1. The Morgan fingerprint density at radius 2 is 2.31 bits per heavy atom. The van der Waals surface area contributed by atoms with E-state index in [-0.39, 0.29) is 6.10 Å². The van der Waals surface area contributed by atoms with Crippen molar-refractivity contribution < 1.29 is 5.11 Å². The van der Waals surface area contributed by atoms with Crippen LogP contribution in [0.2, 0.25) is 5.15 Å². The summed E-state index contributed by atoms with van der Waals surface area (Å²) in [4.78, 5) is 8.36. The van der Waals surface area contributed by atoms with E-state index >= 15 is 0 Å². The second kappa shape index (κ2) is 5.21. The number of thioether (sulfide) groups is 1. The van der Waals surface area contributed by atoms with Crippen LogP contribution in [0, 0.1) is 5.92 Å². The average molecular weight is 260 g/mol. The summed E-state index contributed by atoms with van der Waals surface area (Å²) >= 11 is 7.34. The van der Waals surface area contributed by atoms with Crippen LogP contribution >= 0.6 is 23.4 Å². The molecule has 2 rings (SSSR count). The predicted octanol–water partition coefficient (Wildman–Crippen LogP) is 2.03. The third kappa shape index (κ3) is 2.99. The van der Waals surface area contributed by atoms with Gasteiger partial charge in [-0.25, -0.2) is 9.97 Å². The fourth-order valence-corrected chi connectivity index (χ4v) is 2.31. The number of rotatable bonds is 4. The quantitative estimate of drug-likeness (QED) is 0.492. The van der Waals surface area contributed by atoms with Gasteiger partial charge in [0.05, 0.1) is 6.10 Å². The van der Waals surface area contributed by atoms with E-state index in [0.29, 0.717) is 16.2 Å². The van der Waals surface area contributed by atoms with Crippen molar-refractivity contribution in [2.75, 3.05) is 18.1 Å². The Morgan fingerprint density at radius 3 is 2.94 bits per heavy atom. The lowest BCUT2D eigenvalue weighted by atomic mass is 9.82. The van der Waals surface area contributed by atoms with Crippen LogP contribution < -0.4 is 5.32 Å². The first-order valence-electron chi connectivity index (χ1n) is 5.18. The van der Waals surface area contributed by atoms with E-state index in [1.807, 2.05) is 6.26 Å². The molecule has 16 heavy (non-hydrogen) atoms. The number of nitrogens with one attached hydrogen (secondary N) is 1. The highest BCUT2D eigenvalue weighted by atomic mass is 35.5. The number of anilines is 1. The van der Waals surface area contributed by atoms with Gasteiger partial charge >= 0.3 is 0 Å². The summed E-state index contributed by atoms with van der Waals surface area (Å²) in [5.41, 5.74) is 0. The molecule has 1 aliphatic carbocycles. The summed E-state index contributed by atoms with van der Waals surface area (Å²) in [6.07, 6.45) is 3.56. The molecule has 0 aliphatic heterocycles. The number of aromatic nitrogens is 2. The Labute approximate surface area is 104 Å². The van der Waals surface area contributed by atoms with Gasteiger partial charge in [-0.3, -0.25) is 0 Å². The zero-order chi connectivity index (χ0) is 11.5. The van der Waals surface area contributed by atoms with E-state index in [1.165, 1.54) is 11.8 Å². The average Bonchev–Trinajstić information content (AvgIpc) is 2.22. The normalized spacial score (nSPS) is 23.9. The minimum atomic E-state index is -0.109. The molecule has 2 N–H and O–H groups in total. The number of hydrogen-bond donors (Lipinski definition) is 2. The predicted molar refractivity (Wildman–Crippen MR) is 66.0 cm³/mol. The smallest absolute Gasteiger partial charge is 0.190 e. The second-order valence-corrected chi connectivity index (χ2v) is 5.10. The highest BCUT2D eigenvalue weighted by molar-refractivity contribution is 7.98. The summed E-state index contributed by atoms with van der Waals surface area (Å²) in [6, 6.07) is 1.72. The molecule has 88 valence electrons. The molecule has 6 heteroatoms. The third-order valence-electron chi connectivity index (χ3n) is 2.64. The minimum absolute atomic E-state index is 0.109. The van der Waals surface area contributed by atoms with Gasteiger partial charge < -0.3 is 10.4 Å². The molecular weight excluding hydrogens is 246 g/mol. The molecule has 0 spiro atoms. The zero-order valence-electron chi connectivity index (χ0n) is 8.98. The van der Waals surface area contributed by atoms with Gasteiger partial charge in [-0.05, 0) is 25.0 Å². The van der Waals surface area contributed by atoms with Crippen LogP contribution in [0.15, 0.2) is 11.2 Å². The standard InChI is InChI=1S/C10H14ClN3OS/c1-16-10-13-8(11)4-9(14-10)12-5-6-2-7(15)3-6/h4,6-7,15H,2-3,5H2,1H3,(H,12,13,14). The fraction of sp³-hybridized carbons (Fsp3) is 0.600. The Bertz CT molecular complexity index is 371. The van der Waals surface area contributed by atoms with Crippen LogP contribution in [0.4, 0.5) is 5.82 Å². The largest absolute Gasteiger partial charge is 0.393 e. The Hall–Kier alpha value is -0.520. The fourth-order valence-electron chi connectivity index (χ4n) is 1.69. The molecule has 0 saturated heterocycles. The number of aliphatic hydroxyl groups excluding tert-OH is 1. The molecule has 1 fully saturated rings. The molecule has 1 heterocycles. The molecule has 0 amide bonds. The molecule has 0 unspecified atom stereocenters. The van der Waals surface area contributed by atoms with E-state index < -0.39 is 0 Å². The Kier molecular flexibility index (Phi) is 3.89. The van der Waals surface area contributed by atoms with E-state index in [2.05, 4.69) is 15.3 Å². The Morgan fingerprint density at radius 1 is 1.56 bits per heavy atom. The first-order chi connectivity index (χ1) is 7.67. The SMILES string of the molecule is CSc1nc(Cl)cc(NCC2CC(O)C2)n1. The molecule has 1 aromatic heterocycles. The highest BCUT2D eigenvalue weighted by Crippen LogP contribution is 2.27. The molecule has 1 saturated carbocycles. The highest BCUT2D eigenvalue weighted by Gasteiger charge is 2.26. The van der Waals surface area contributed by atoms with Gasteiger partial charge in [-0.15, -0.1) is 0 Å².